The van der Waals surface area contributed by atoms with Gasteiger partial charge in [-0.25, -0.2) is 17.5 Å². The van der Waals surface area contributed by atoms with Gasteiger partial charge in [-0.2, -0.15) is 0 Å². The van der Waals surface area contributed by atoms with Crippen LogP contribution in [-0.4, -0.2) is 53.6 Å². The molecule has 2 rings (SSSR count). The van der Waals surface area contributed by atoms with E-state index in [-0.39, 0.29) is 17.3 Å². The molecular formula is C20H27FN4O3S. The summed E-state index contributed by atoms with van der Waals surface area (Å²) in [6.45, 7) is 1.47. The average Bonchev–Trinajstić information content (AvgIpc) is 2.70. The Balaban J connectivity index is 1.99. The van der Waals surface area contributed by atoms with Crippen LogP contribution in [0.4, 0.5) is 4.39 Å². The fraction of sp³-hybridized carbons (Fsp3) is 0.350. The van der Waals surface area contributed by atoms with E-state index in [0.29, 0.717) is 25.7 Å². The Morgan fingerprint density at radius 1 is 1.17 bits per heavy atom. The van der Waals surface area contributed by atoms with Gasteiger partial charge in [-0.15, -0.1) is 0 Å². The van der Waals surface area contributed by atoms with Crippen molar-refractivity contribution in [3.8, 4) is 0 Å². The van der Waals surface area contributed by atoms with Crippen molar-refractivity contribution in [1.82, 2.24) is 14.9 Å². The first-order valence-electron chi connectivity index (χ1n) is 9.09. The number of rotatable bonds is 9. The summed E-state index contributed by atoms with van der Waals surface area (Å²) < 4.78 is 45.1. The summed E-state index contributed by atoms with van der Waals surface area (Å²) in [4.78, 5) is 6.35. The Hall–Kier alpha value is -2.49. The number of hydrogen-bond acceptors (Lipinski definition) is 4. The Morgan fingerprint density at radius 2 is 1.90 bits per heavy atom. The molecule has 0 spiro atoms. The maximum Gasteiger partial charge on any atom is 0.240 e. The fourth-order valence-electron chi connectivity index (χ4n) is 2.69. The van der Waals surface area contributed by atoms with Gasteiger partial charge < -0.3 is 15.0 Å². The van der Waals surface area contributed by atoms with Crippen molar-refractivity contribution in [2.24, 2.45) is 4.99 Å². The van der Waals surface area contributed by atoms with Crippen LogP contribution in [0.2, 0.25) is 0 Å². The predicted octanol–water partition coefficient (Wildman–Crippen LogP) is 1.96. The molecule has 0 heterocycles. The summed E-state index contributed by atoms with van der Waals surface area (Å²) in [7, 11) is 1.47. The molecule has 2 N–H and O–H groups in total. The van der Waals surface area contributed by atoms with Crippen LogP contribution in [0.15, 0.2) is 58.4 Å². The number of ether oxygens (including phenoxy) is 1. The minimum atomic E-state index is -3.59. The van der Waals surface area contributed by atoms with Gasteiger partial charge in [0, 0.05) is 40.8 Å². The van der Waals surface area contributed by atoms with Gasteiger partial charge in [-0.05, 0) is 35.4 Å². The third-order valence-corrected chi connectivity index (χ3v) is 5.62. The zero-order valence-corrected chi connectivity index (χ0v) is 17.7. The van der Waals surface area contributed by atoms with E-state index in [9.17, 15) is 12.8 Å². The molecule has 0 aromatic heterocycles. The third-order valence-electron chi connectivity index (χ3n) is 4.16. The fourth-order valence-corrected chi connectivity index (χ4v) is 3.77. The minimum Gasteiger partial charge on any atom is -0.383 e. The van der Waals surface area contributed by atoms with Crippen molar-refractivity contribution in [3.63, 3.8) is 0 Å². The Bertz CT molecular complexity index is 918. The van der Waals surface area contributed by atoms with Gasteiger partial charge in [-0.1, -0.05) is 24.3 Å². The lowest BCUT2D eigenvalue weighted by atomic mass is 10.2. The quantitative estimate of drug-likeness (QED) is 0.367. The smallest absolute Gasteiger partial charge is 0.240 e. The topological polar surface area (TPSA) is 83.0 Å². The monoisotopic (exact) mass is 422 g/mol. The second kappa shape index (κ2) is 10.9. The van der Waals surface area contributed by atoms with E-state index in [4.69, 9.17) is 4.74 Å². The zero-order chi connectivity index (χ0) is 21.3. The van der Waals surface area contributed by atoms with Crippen LogP contribution in [0.25, 0.3) is 0 Å². The van der Waals surface area contributed by atoms with Gasteiger partial charge in [0.25, 0.3) is 0 Å². The molecular weight excluding hydrogens is 395 g/mol. The molecule has 2 aromatic carbocycles. The van der Waals surface area contributed by atoms with Crippen LogP contribution in [0.5, 0.6) is 0 Å². The molecule has 0 atom stereocenters. The first-order chi connectivity index (χ1) is 13.9. The van der Waals surface area contributed by atoms with Crippen LogP contribution in [-0.2, 0) is 27.8 Å². The summed E-state index contributed by atoms with van der Waals surface area (Å²) in [5.74, 6) is 0.367. The molecule has 2 aromatic rings. The molecule has 0 aliphatic rings. The molecule has 158 valence electrons. The number of aliphatic imine (C=N–C) groups is 1. The van der Waals surface area contributed by atoms with Gasteiger partial charge in [0.2, 0.25) is 10.0 Å². The molecule has 9 heteroatoms. The Labute approximate surface area is 171 Å². The molecule has 29 heavy (non-hydrogen) atoms. The van der Waals surface area contributed by atoms with E-state index in [0.717, 1.165) is 11.1 Å². The van der Waals surface area contributed by atoms with Crippen LogP contribution in [0, 0.1) is 5.82 Å². The Morgan fingerprint density at radius 3 is 2.55 bits per heavy atom. The van der Waals surface area contributed by atoms with Gasteiger partial charge in [0.15, 0.2) is 5.96 Å². The maximum absolute atomic E-state index is 13.1. The van der Waals surface area contributed by atoms with Crippen molar-refractivity contribution in [2.45, 2.75) is 18.0 Å². The maximum atomic E-state index is 13.1. The van der Waals surface area contributed by atoms with E-state index >= 15 is 0 Å². The lowest BCUT2D eigenvalue weighted by Gasteiger charge is -2.22. The van der Waals surface area contributed by atoms with Gasteiger partial charge in [0.1, 0.15) is 5.82 Å². The number of guanidine groups is 1. The predicted molar refractivity (Wildman–Crippen MR) is 112 cm³/mol. The molecule has 0 saturated heterocycles. The van der Waals surface area contributed by atoms with E-state index in [1.54, 1.807) is 37.4 Å². The largest absolute Gasteiger partial charge is 0.383 e. The van der Waals surface area contributed by atoms with Crippen LogP contribution >= 0.6 is 0 Å². The molecule has 0 unspecified atom stereocenters. The van der Waals surface area contributed by atoms with E-state index in [2.05, 4.69) is 15.0 Å². The standard InChI is InChI=1S/C20H27FN4O3S/c1-22-20(25(2)15-16-7-9-18(21)10-8-16)23-14-17-5-4-6-19(13-17)29(26,27)24-11-12-28-3/h4-10,13,24H,11-12,14-15H2,1-3H3,(H,22,23). The van der Waals surface area contributed by atoms with Crippen LogP contribution in [0.3, 0.4) is 0 Å². The Kier molecular flexibility index (Phi) is 8.56. The SMILES string of the molecule is CN=C(NCc1cccc(S(=O)(=O)NCCOC)c1)N(C)Cc1ccc(F)cc1. The van der Waals surface area contributed by atoms with Gasteiger partial charge >= 0.3 is 0 Å². The van der Waals surface area contributed by atoms with E-state index in [1.807, 2.05) is 18.0 Å². The molecule has 0 aliphatic carbocycles. The lowest BCUT2D eigenvalue weighted by Crippen LogP contribution is -2.38. The second-order valence-corrected chi connectivity index (χ2v) is 8.19. The van der Waals surface area contributed by atoms with E-state index < -0.39 is 10.0 Å². The van der Waals surface area contributed by atoms with Crippen molar-refractivity contribution < 1.29 is 17.5 Å². The number of sulfonamides is 1. The molecule has 0 radical (unpaired) electrons. The first-order valence-corrected chi connectivity index (χ1v) is 10.6. The molecule has 0 bridgehead atoms. The summed E-state index contributed by atoms with van der Waals surface area (Å²) in [5.41, 5.74) is 1.75. The zero-order valence-electron chi connectivity index (χ0n) is 16.9. The van der Waals surface area contributed by atoms with Crippen LogP contribution in [0.1, 0.15) is 11.1 Å². The van der Waals surface area contributed by atoms with Gasteiger partial charge in [0.05, 0.1) is 11.5 Å². The number of hydrogen-bond donors (Lipinski definition) is 2. The normalized spacial score (nSPS) is 12.1. The summed E-state index contributed by atoms with van der Waals surface area (Å²) in [5, 5.41) is 3.21. The van der Waals surface area contributed by atoms with Crippen LogP contribution < -0.4 is 10.0 Å². The van der Waals surface area contributed by atoms with Crippen molar-refractivity contribution >= 4 is 16.0 Å². The number of nitrogens with one attached hydrogen (secondary N) is 2. The molecule has 7 nitrogen and oxygen atoms in total. The highest BCUT2D eigenvalue weighted by atomic mass is 32.2. The average molecular weight is 423 g/mol. The number of nitrogens with zero attached hydrogens (tertiary/aromatic N) is 2. The minimum absolute atomic E-state index is 0.197. The summed E-state index contributed by atoms with van der Waals surface area (Å²) >= 11 is 0. The lowest BCUT2D eigenvalue weighted by molar-refractivity contribution is 0.204. The van der Waals surface area contributed by atoms with Crippen molar-refractivity contribution in [3.05, 3.63) is 65.5 Å². The highest BCUT2D eigenvalue weighted by molar-refractivity contribution is 7.89. The number of methoxy groups -OCH3 is 1. The molecule has 0 aliphatic heterocycles. The number of halogens is 1. The number of benzene rings is 2. The van der Waals surface area contributed by atoms with E-state index in [1.165, 1.54) is 19.2 Å². The highest BCUT2D eigenvalue weighted by Crippen LogP contribution is 2.12. The highest BCUT2D eigenvalue weighted by Gasteiger charge is 2.14. The van der Waals surface area contributed by atoms with Gasteiger partial charge in [-0.3, -0.25) is 4.99 Å². The first kappa shape index (κ1) is 22.8. The molecule has 0 fully saturated rings. The molecule has 0 amide bonds. The van der Waals surface area contributed by atoms with Crippen molar-refractivity contribution in [1.29, 1.82) is 0 Å². The summed E-state index contributed by atoms with van der Waals surface area (Å²) in [6, 6.07) is 13.0. The van der Waals surface area contributed by atoms with Crippen molar-refractivity contribution in [2.75, 3.05) is 34.4 Å². The third kappa shape index (κ3) is 7.12. The second-order valence-electron chi connectivity index (χ2n) is 6.42. The summed E-state index contributed by atoms with van der Waals surface area (Å²) in [6.07, 6.45) is 0. The molecule has 0 saturated carbocycles.